The van der Waals surface area contributed by atoms with Crippen LogP contribution in [0.25, 0.3) is 11.0 Å². The Kier molecular flexibility index (Phi) is 6.51. The second-order valence-corrected chi connectivity index (χ2v) is 7.29. The summed E-state index contributed by atoms with van der Waals surface area (Å²) in [5, 5.41) is 3.25. The van der Waals surface area contributed by atoms with E-state index < -0.39 is 11.6 Å². The molecule has 0 unspecified atom stereocenters. The van der Waals surface area contributed by atoms with Crippen molar-refractivity contribution in [3.63, 3.8) is 0 Å². The van der Waals surface area contributed by atoms with Gasteiger partial charge in [-0.2, -0.15) is 0 Å². The number of rotatable bonds is 7. The molecule has 0 saturated heterocycles. The second kappa shape index (κ2) is 9.26. The van der Waals surface area contributed by atoms with Crippen LogP contribution in [0.1, 0.15) is 36.7 Å². The number of benzene rings is 2. The molecule has 0 aliphatic rings. The smallest absolute Gasteiger partial charge is 0.338 e. The first-order valence-electron chi connectivity index (χ1n) is 9.56. The van der Waals surface area contributed by atoms with Gasteiger partial charge in [0.2, 0.25) is 5.91 Å². The highest BCUT2D eigenvalue weighted by Crippen LogP contribution is 2.23. The number of esters is 1. The lowest BCUT2D eigenvalue weighted by molar-refractivity contribution is -0.114. The molecule has 1 heterocycles. The van der Waals surface area contributed by atoms with E-state index in [1.54, 1.807) is 42.5 Å². The fourth-order valence-corrected chi connectivity index (χ4v) is 2.83. The molecule has 7 heteroatoms. The fourth-order valence-electron chi connectivity index (χ4n) is 2.83. The first kappa shape index (κ1) is 21.1. The lowest BCUT2D eigenvalue weighted by atomic mass is 10.1. The zero-order chi connectivity index (χ0) is 21.7. The summed E-state index contributed by atoms with van der Waals surface area (Å²) in [4.78, 5) is 35.6. The van der Waals surface area contributed by atoms with Crippen molar-refractivity contribution >= 4 is 28.5 Å². The Bertz CT molecular complexity index is 1130. The molecular formula is C23H23NO6. The van der Waals surface area contributed by atoms with Crippen LogP contribution in [-0.2, 0) is 16.1 Å². The molecule has 0 aliphatic carbocycles. The quantitative estimate of drug-likeness (QED) is 0.465. The number of fused-ring (bicyclic) bond motifs is 1. The molecule has 7 nitrogen and oxygen atoms in total. The Morgan fingerprint density at radius 1 is 1.10 bits per heavy atom. The minimum absolute atomic E-state index is 0.0997. The minimum Gasteiger partial charge on any atom is -0.493 e. The Hall–Kier alpha value is -3.61. The van der Waals surface area contributed by atoms with Crippen LogP contribution < -0.4 is 15.7 Å². The van der Waals surface area contributed by atoms with Crippen molar-refractivity contribution in [1.29, 1.82) is 0 Å². The number of amides is 1. The molecular weight excluding hydrogens is 386 g/mol. The summed E-state index contributed by atoms with van der Waals surface area (Å²) in [6.07, 6.45) is 0. The van der Waals surface area contributed by atoms with Crippen molar-refractivity contribution in [2.24, 2.45) is 5.92 Å². The normalized spacial score (nSPS) is 10.8. The molecule has 1 N–H and O–H groups in total. The molecule has 3 aromatic rings. The van der Waals surface area contributed by atoms with Crippen molar-refractivity contribution < 1.29 is 23.5 Å². The van der Waals surface area contributed by atoms with Gasteiger partial charge in [0.15, 0.2) is 0 Å². The zero-order valence-electron chi connectivity index (χ0n) is 17.1. The molecule has 0 fully saturated rings. The van der Waals surface area contributed by atoms with E-state index >= 15 is 0 Å². The Balaban J connectivity index is 1.76. The summed E-state index contributed by atoms with van der Waals surface area (Å²) in [7, 11) is 0. The number of hydrogen-bond acceptors (Lipinski definition) is 6. The lowest BCUT2D eigenvalue weighted by Crippen LogP contribution is -2.09. The average Bonchev–Trinajstić information content (AvgIpc) is 2.69. The maximum absolute atomic E-state index is 12.5. The van der Waals surface area contributed by atoms with Gasteiger partial charge in [0.1, 0.15) is 17.9 Å². The fraction of sp³-hybridized carbons (Fsp3) is 0.261. The second-order valence-electron chi connectivity index (χ2n) is 7.29. The molecule has 0 saturated carbocycles. The molecule has 2 aromatic carbocycles. The van der Waals surface area contributed by atoms with Gasteiger partial charge in [-0.3, -0.25) is 4.79 Å². The summed E-state index contributed by atoms with van der Waals surface area (Å²) in [6.45, 7) is 5.91. The molecule has 0 spiro atoms. The van der Waals surface area contributed by atoms with Gasteiger partial charge in [-0.25, -0.2) is 9.59 Å². The predicted octanol–water partition coefficient (Wildman–Crippen LogP) is 4.14. The van der Waals surface area contributed by atoms with Crippen molar-refractivity contribution in [1.82, 2.24) is 0 Å². The average molecular weight is 409 g/mol. The van der Waals surface area contributed by atoms with Gasteiger partial charge in [0.05, 0.1) is 12.2 Å². The van der Waals surface area contributed by atoms with Gasteiger partial charge >= 0.3 is 11.6 Å². The van der Waals surface area contributed by atoms with Crippen LogP contribution in [0.5, 0.6) is 5.75 Å². The number of carbonyl (C=O) groups is 2. The third kappa shape index (κ3) is 5.47. The Morgan fingerprint density at radius 2 is 1.90 bits per heavy atom. The van der Waals surface area contributed by atoms with E-state index in [9.17, 15) is 14.4 Å². The lowest BCUT2D eigenvalue weighted by Gasteiger charge is -2.11. The van der Waals surface area contributed by atoms with Crippen LogP contribution >= 0.6 is 0 Å². The monoisotopic (exact) mass is 409 g/mol. The van der Waals surface area contributed by atoms with Gasteiger partial charge in [0.25, 0.3) is 0 Å². The number of carbonyl (C=O) groups excluding carboxylic acids is 2. The summed E-state index contributed by atoms with van der Waals surface area (Å²) < 4.78 is 16.3. The van der Waals surface area contributed by atoms with E-state index in [0.29, 0.717) is 46.1 Å². The number of hydrogen-bond donors (Lipinski definition) is 1. The van der Waals surface area contributed by atoms with E-state index in [4.69, 9.17) is 13.9 Å². The molecule has 1 aromatic heterocycles. The highest BCUT2D eigenvalue weighted by atomic mass is 16.5. The molecule has 156 valence electrons. The van der Waals surface area contributed by atoms with Crippen LogP contribution in [0.2, 0.25) is 0 Å². The summed E-state index contributed by atoms with van der Waals surface area (Å²) in [6, 6.07) is 13.0. The van der Waals surface area contributed by atoms with Crippen LogP contribution in [-0.4, -0.2) is 18.5 Å². The highest BCUT2D eigenvalue weighted by molar-refractivity contribution is 5.92. The van der Waals surface area contributed by atoms with Gasteiger partial charge < -0.3 is 19.2 Å². The molecule has 30 heavy (non-hydrogen) atoms. The van der Waals surface area contributed by atoms with Crippen molar-refractivity contribution in [2.75, 3.05) is 11.9 Å². The number of nitrogens with one attached hydrogen (secondary N) is 1. The molecule has 3 rings (SSSR count). The summed E-state index contributed by atoms with van der Waals surface area (Å²) in [5.41, 5.74) is 1.10. The summed E-state index contributed by atoms with van der Waals surface area (Å²) >= 11 is 0. The van der Waals surface area contributed by atoms with Crippen molar-refractivity contribution in [2.45, 2.75) is 27.4 Å². The number of anilines is 1. The van der Waals surface area contributed by atoms with Gasteiger partial charge in [-0.15, -0.1) is 0 Å². The van der Waals surface area contributed by atoms with E-state index in [1.165, 1.54) is 13.0 Å². The Morgan fingerprint density at radius 3 is 2.63 bits per heavy atom. The highest BCUT2D eigenvalue weighted by Gasteiger charge is 2.12. The molecule has 0 aliphatic heterocycles. The minimum atomic E-state index is -0.572. The number of ether oxygens (including phenoxy) is 2. The zero-order valence-corrected chi connectivity index (χ0v) is 17.1. The maximum atomic E-state index is 12.5. The van der Waals surface area contributed by atoms with Crippen molar-refractivity contribution in [3.05, 3.63) is 70.1 Å². The topological polar surface area (TPSA) is 94.8 Å². The standard InChI is InChI=1S/C23H23NO6/c1-14(2)12-28-19-6-4-5-16(9-19)23(27)29-13-17-10-22(26)30-21-11-18(24-15(3)25)7-8-20(17)21/h4-11,14H,12-13H2,1-3H3,(H,24,25). The van der Waals surface area contributed by atoms with Gasteiger partial charge in [-0.1, -0.05) is 19.9 Å². The Labute approximate surface area is 173 Å². The van der Waals surface area contributed by atoms with Gasteiger partial charge in [-0.05, 0) is 36.2 Å². The first-order chi connectivity index (χ1) is 14.3. The van der Waals surface area contributed by atoms with Crippen molar-refractivity contribution in [3.8, 4) is 5.75 Å². The third-order valence-corrected chi connectivity index (χ3v) is 4.16. The van der Waals surface area contributed by atoms with E-state index in [2.05, 4.69) is 5.32 Å². The van der Waals surface area contributed by atoms with Crippen LogP contribution in [0.15, 0.2) is 57.7 Å². The van der Waals surface area contributed by atoms with Gasteiger partial charge in [0, 0.05) is 35.7 Å². The third-order valence-electron chi connectivity index (χ3n) is 4.16. The first-order valence-corrected chi connectivity index (χ1v) is 9.56. The van der Waals surface area contributed by atoms with Crippen LogP contribution in [0.3, 0.4) is 0 Å². The largest absolute Gasteiger partial charge is 0.493 e. The SMILES string of the molecule is CC(=O)Nc1ccc2c(COC(=O)c3cccc(OCC(C)C)c3)cc(=O)oc2c1. The van der Waals surface area contributed by atoms with Crippen LogP contribution in [0.4, 0.5) is 5.69 Å². The van der Waals surface area contributed by atoms with E-state index in [-0.39, 0.29) is 12.5 Å². The molecule has 1 amide bonds. The van der Waals surface area contributed by atoms with E-state index in [1.807, 2.05) is 13.8 Å². The predicted molar refractivity (Wildman–Crippen MR) is 113 cm³/mol. The molecule has 0 bridgehead atoms. The maximum Gasteiger partial charge on any atom is 0.338 e. The van der Waals surface area contributed by atoms with Crippen LogP contribution in [0, 0.1) is 5.92 Å². The van der Waals surface area contributed by atoms with E-state index in [0.717, 1.165) is 0 Å². The molecule has 0 atom stereocenters. The molecule has 0 radical (unpaired) electrons. The summed E-state index contributed by atoms with van der Waals surface area (Å²) in [5.74, 6) is 0.196.